The monoisotopic (exact) mass is 198 g/mol. The number of benzene rings is 1. The SMILES string of the molecule is COC(=O)c1ccc(N[11CH3])c(Cl)c1. The van der Waals surface area contributed by atoms with E-state index in [9.17, 15) is 4.79 Å². The summed E-state index contributed by atoms with van der Waals surface area (Å²) in [6, 6.07) is 4.96. The molecule has 1 rings (SSSR count). The highest BCUT2D eigenvalue weighted by atomic mass is 35.5. The van der Waals surface area contributed by atoms with Crippen LogP contribution in [-0.4, -0.2) is 20.1 Å². The van der Waals surface area contributed by atoms with E-state index in [0.717, 1.165) is 5.69 Å². The molecule has 13 heavy (non-hydrogen) atoms. The minimum absolute atomic E-state index is 0.385. The molecule has 0 atom stereocenters. The summed E-state index contributed by atoms with van der Waals surface area (Å²) in [5.74, 6) is -0.385. The molecule has 0 unspecified atom stereocenters. The van der Waals surface area contributed by atoms with E-state index in [2.05, 4.69) is 10.1 Å². The predicted octanol–water partition coefficient (Wildman–Crippen LogP) is 2.17. The van der Waals surface area contributed by atoms with Crippen LogP contribution in [0.5, 0.6) is 0 Å². The lowest BCUT2D eigenvalue weighted by Gasteiger charge is -2.04. The Bertz CT molecular complexity index is 325. The molecule has 0 amide bonds. The molecule has 0 saturated carbocycles. The minimum atomic E-state index is -0.385. The van der Waals surface area contributed by atoms with Crippen LogP contribution >= 0.6 is 11.6 Å². The van der Waals surface area contributed by atoms with E-state index in [4.69, 9.17) is 11.6 Å². The normalized spacial score (nSPS) is 9.46. The molecule has 0 heterocycles. The van der Waals surface area contributed by atoms with E-state index in [0.29, 0.717) is 10.6 Å². The number of rotatable bonds is 2. The van der Waals surface area contributed by atoms with Crippen molar-refractivity contribution in [1.82, 2.24) is 0 Å². The summed E-state index contributed by atoms with van der Waals surface area (Å²) in [5.41, 5.74) is 1.24. The highest BCUT2D eigenvalue weighted by Crippen LogP contribution is 2.22. The zero-order chi connectivity index (χ0) is 9.84. The largest absolute Gasteiger partial charge is 0.465 e. The van der Waals surface area contributed by atoms with Gasteiger partial charge in [-0.25, -0.2) is 4.79 Å². The number of ether oxygens (including phenoxy) is 1. The lowest BCUT2D eigenvalue weighted by Crippen LogP contribution is -2.01. The Morgan fingerprint density at radius 2 is 2.23 bits per heavy atom. The molecular formula is C9H10ClNO2. The fourth-order valence-electron chi connectivity index (χ4n) is 0.963. The molecule has 0 spiro atoms. The van der Waals surface area contributed by atoms with E-state index in [1.54, 1.807) is 25.2 Å². The van der Waals surface area contributed by atoms with Gasteiger partial charge in [0.25, 0.3) is 0 Å². The number of nitrogens with one attached hydrogen (secondary N) is 1. The maximum absolute atomic E-state index is 11.1. The van der Waals surface area contributed by atoms with Gasteiger partial charge in [-0.2, -0.15) is 0 Å². The zero-order valence-corrected chi connectivity index (χ0v) is 8.18. The average Bonchev–Trinajstić information content (AvgIpc) is 2.16. The minimum Gasteiger partial charge on any atom is -0.465 e. The number of hydrogen-bond acceptors (Lipinski definition) is 3. The molecule has 0 aliphatic heterocycles. The second kappa shape index (κ2) is 4.14. The van der Waals surface area contributed by atoms with Gasteiger partial charge >= 0.3 is 5.97 Å². The number of carbonyl (C=O) groups is 1. The van der Waals surface area contributed by atoms with Crippen LogP contribution in [0.1, 0.15) is 10.4 Å². The molecule has 1 N–H and O–H groups in total. The molecule has 0 radical (unpaired) electrons. The first kappa shape index (κ1) is 9.86. The van der Waals surface area contributed by atoms with Crippen LogP contribution in [0.15, 0.2) is 18.2 Å². The van der Waals surface area contributed by atoms with Crippen LogP contribution in [-0.2, 0) is 4.74 Å². The number of halogens is 1. The molecule has 0 aliphatic rings. The van der Waals surface area contributed by atoms with Gasteiger partial charge in [0.15, 0.2) is 0 Å². The first-order chi connectivity index (χ1) is 6.19. The summed E-state index contributed by atoms with van der Waals surface area (Å²) in [5, 5.41) is 3.40. The third kappa shape index (κ3) is 2.12. The van der Waals surface area contributed by atoms with Gasteiger partial charge < -0.3 is 10.1 Å². The van der Waals surface area contributed by atoms with Gasteiger partial charge in [-0.3, -0.25) is 0 Å². The Morgan fingerprint density at radius 1 is 1.54 bits per heavy atom. The number of anilines is 1. The first-order valence-electron chi connectivity index (χ1n) is 3.74. The van der Waals surface area contributed by atoms with Crippen molar-refractivity contribution in [3.63, 3.8) is 0 Å². The summed E-state index contributed by atoms with van der Waals surface area (Å²) in [6.45, 7) is 0. The van der Waals surface area contributed by atoms with E-state index in [1.165, 1.54) is 7.11 Å². The fraction of sp³-hybridized carbons (Fsp3) is 0.222. The lowest BCUT2D eigenvalue weighted by atomic mass is 10.2. The molecule has 4 heteroatoms. The van der Waals surface area contributed by atoms with Crippen molar-refractivity contribution in [2.45, 2.75) is 0 Å². The van der Waals surface area contributed by atoms with Gasteiger partial charge in [-0.1, -0.05) is 11.6 Å². The molecule has 0 aromatic heterocycles. The van der Waals surface area contributed by atoms with Crippen LogP contribution in [0.4, 0.5) is 5.69 Å². The van der Waals surface area contributed by atoms with Crippen molar-refractivity contribution in [1.29, 1.82) is 0 Å². The second-order valence-electron chi connectivity index (χ2n) is 2.44. The summed E-state index contributed by atoms with van der Waals surface area (Å²) in [4.78, 5) is 11.1. The highest BCUT2D eigenvalue weighted by Gasteiger charge is 2.07. The van der Waals surface area contributed by atoms with Gasteiger partial charge in [0.05, 0.1) is 23.4 Å². The van der Waals surface area contributed by atoms with Gasteiger partial charge in [0.2, 0.25) is 0 Å². The molecule has 0 aliphatic carbocycles. The number of methoxy groups -OCH3 is 1. The maximum Gasteiger partial charge on any atom is 0.337 e. The van der Waals surface area contributed by atoms with Crippen molar-refractivity contribution in [2.24, 2.45) is 0 Å². The Balaban J connectivity index is 3.02. The third-order valence-electron chi connectivity index (χ3n) is 1.66. The van der Waals surface area contributed by atoms with Crippen LogP contribution in [0.3, 0.4) is 0 Å². The first-order valence-corrected chi connectivity index (χ1v) is 4.12. The molecule has 0 bridgehead atoms. The predicted molar refractivity (Wildman–Crippen MR) is 52.3 cm³/mol. The Labute approximate surface area is 81.7 Å². The molecule has 3 nitrogen and oxygen atoms in total. The number of esters is 1. The summed E-state index contributed by atoms with van der Waals surface area (Å²) < 4.78 is 4.55. The van der Waals surface area contributed by atoms with E-state index < -0.39 is 0 Å². The number of carbonyl (C=O) groups excluding carboxylic acids is 1. The van der Waals surface area contributed by atoms with Crippen molar-refractivity contribution in [2.75, 3.05) is 19.5 Å². The third-order valence-corrected chi connectivity index (χ3v) is 1.97. The summed E-state index contributed by atoms with van der Waals surface area (Å²) in [7, 11) is 3.10. The molecule has 0 fully saturated rings. The summed E-state index contributed by atoms with van der Waals surface area (Å²) >= 11 is 5.86. The van der Waals surface area contributed by atoms with Crippen LogP contribution in [0, 0.1) is 0 Å². The second-order valence-corrected chi connectivity index (χ2v) is 2.84. The Kier molecular flexibility index (Phi) is 3.14. The smallest absolute Gasteiger partial charge is 0.337 e. The lowest BCUT2D eigenvalue weighted by molar-refractivity contribution is 0.0601. The standard InChI is InChI=1S/C9H10ClNO2/c1-11-8-4-3-6(5-7(8)10)9(12)13-2/h3-5,11H,1-2H3/i1-1. The summed E-state index contributed by atoms with van der Waals surface area (Å²) in [6.07, 6.45) is 0. The van der Waals surface area contributed by atoms with Gasteiger partial charge in [0.1, 0.15) is 0 Å². The molecule has 70 valence electrons. The van der Waals surface area contributed by atoms with Crippen molar-refractivity contribution >= 4 is 23.3 Å². The maximum atomic E-state index is 11.1. The van der Waals surface area contributed by atoms with E-state index >= 15 is 0 Å². The molecule has 1 aromatic carbocycles. The molecule has 0 saturated heterocycles. The van der Waals surface area contributed by atoms with Gasteiger partial charge in [-0.15, -0.1) is 0 Å². The van der Waals surface area contributed by atoms with Crippen LogP contribution in [0.25, 0.3) is 0 Å². The van der Waals surface area contributed by atoms with Crippen molar-refractivity contribution < 1.29 is 9.53 Å². The molecular weight excluding hydrogens is 189 g/mol. The quantitative estimate of drug-likeness (QED) is 0.741. The highest BCUT2D eigenvalue weighted by molar-refractivity contribution is 6.33. The number of hydrogen-bond donors (Lipinski definition) is 1. The Morgan fingerprint density at radius 3 is 2.69 bits per heavy atom. The van der Waals surface area contributed by atoms with Gasteiger partial charge in [0, 0.05) is 7.05 Å². The Hall–Kier alpha value is -1.22. The van der Waals surface area contributed by atoms with Gasteiger partial charge in [-0.05, 0) is 18.2 Å². The van der Waals surface area contributed by atoms with E-state index in [1.807, 2.05) is 0 Å². The van der Waals surface area contributed by atoms with Crippen molar-refractivity contribution in [3.05, 3.63) is 28.8 Å². The fourth-order valence-corrected chi connectivity index (χ4v) is 1.24. The zero-order valence-electron chi connectivity index (χ0n) is 7.43. The van der Waals surface area contributed by atoms with E-state index in [-0.39, 0.29) is 5.97 Å². The average molecular weight is 199 g/mol. The van der Waals surface area contributed by atoms with Crippen molar-refractivity contribution in [3.8, 4) is 0 Å². The van der Waals surface area contributed by atoms with Crippen LogP contribution < -0.4 is 5.32 Å². The van der Waals surface area contributed by atoms with Crippen LogP contribution in [0.2, 0.25) is 5.02 Å². The molecule has 1 aromatic rings. The topological polar surface area (TPSA) is 38.3 Å².